The second-order valence-electron chi connectivity index (χ2n) is 8.75. The summed E-state index contributed by atoms with van der Waals surface area (Å²) in [5, 5.41) is 11.2. The van der Waals surface area contributed by atoms with Gasteiger partial charge in [0, 0.05) is 12.5 Å². The molecule has 2 aromatic rings. The molecule has 1 unspecified atom stereocenters. The molecule has 0 heterocycles. The summed E-state index contributed by atoms with van der Waals surface area (Å²) in [6.07, 6.45) is 16.8. The number of aromatic hydroxyl groups is 1. The van der Waals surface area contributed by atoms with Gasteiger partial charge >= 0.3 is 13.8 Å². The van der Waals surface area contributed by atoms with Crippen LogP contribution in [0.3, 0.4) is 0 Å². The summed E-state index contributed by atoms with van der Waals surface area (Å²) in [6.45, 7) is 2.26. The van der Waals surface area contributed by atoms with Gasteiger partial charge in [-0.05, 0) is 30.7 Å². The van der Waals surface area contributed by atoms with E-state index in [0.717, 1.165) is 19.3 Å². The van der Waals surface area contributed by atoms with Gasteiger partial charge in [-0.2, -0.15) is 0 Å². The second-order valence-corrected chi connectivity index (χ2v) is 10.3. The van der Waals surface area contributed by atoms with Gasteiger partial charge in [0.2, 0.25) is 5.30 Å². The third kappa shape index (κ3) is 11.0. The molecule has 0 radical (unpaired) electrons. The second kappa shape index (κ2) is 16.4. The van der Waals surface area contributed by atoms with E-state index in [4.69, 9.17) is 4.74 Å². The summed E-state index contributed by atoms with van der Waals surface area (Å²) in [6, 6.07) is 13.5. The number of benzene rings is 2. The van der Waals surface area contributed by atoms with Gasteiger partial charge < -0.3 is 9.84 Å². The molecule has 0 aliphatic heterocycles. The van der Waals surface area contributed by atoms with Crippen LogP contribution in [0.25, 0.3) is 0 Å². The van der Waals surface area contributed by atoms with E-state index in [2.05, 4.69) is 6.92 Å². The number of carbonyl (C=O) groups is 1. The van der Waals surface area contributed by atoms with Gasteiger partial charge in [-0.1, -0.05) is 107 Å². The Morgan fingerprint density at radius 1 is 0.788 bits per heavy atom. The standard InChI is InChI=1S/C28H39O4P/c1-2-3-4-5-6-7-8-9-10-11-12-13-17-20-28(30)32-24-21-22-27(26(29)23-24)33(31)25-18-15-14-16-19-25/h14-16,18-19,21-23H,2-13,17,20H2,1H3/p+1. The summed E-state index contributed by atoms with van der Waals surface area (Å²) >= 11 is 0. The molecule has 0 saturated heterocycles. The van der Waals surface area contributed by atoms with Crippen LogP contribution in [0.1, 0.15) is 96.8 Å². The molecule has 0 fully saturated rings. The third-order valence-corrected chi connectivity index (χ3v) is 7.46. The third-order valence-electron chi connectivity index (χ3n) is 5.87. The first-order valence-electron chi connectivity index (χ1n) is 12.7. The van der Waals surface area contributed by atoms with Crippen molar-refractivity contribution < 1.29 is 19.2 Å². The van der Waals surface area contributed by atoms with Crippen molar-refractivity contribution in [1.29, 1.82) is 0 Å². The molecule has 180 valence electrons. The molecule has 0 amide bonds. The molecule has 0 aliphatic rings. The smallest absolute Gasteiger partial charge is 0.419 e. The molecule has 2 aromatic carbocycles. The first-order valence-corrected chi connectivity index (χ1v) is 13.9. The largest absolute Gasteiger partial charge is 0.504 e. The number of hydrogen-bond donors (Lipinski definition) is 1. The number of phenolic OH excluding ortho intramolecular Hbond substituents is 1. The van der Waals surface area contributed by atoms with Crippen LogP contribution in [-0.4, -0.2) is 11.1 Å². The molecule has 2 rings (SSSR count). The number of ether oxygens (including phenoxy) is 1. The lowest BCUT2D eigenvalue weighted by Gasteiger charge is -2.05. The van der Waals surface area contributed by atoms with E-state index in [1.807, 2.05) is 18.2 Å². The van der Waals surface area contributed by atoms with E-state index in [0.29, 0.717) is 17.0 Å². The van der Waals surface area contributed by atoms with Crippen LogP contribution in [0.4, 0.5) is 0 Å². The van der Waals surface area contributed by atoms with Crippen LogP contribution in [0.5, 0.6) is 11.5 Å². The summed E-state index contributed by atoms with van der Waals surface area (Å²) in [5.41, 5.74) is 0. The average Bonchev–Trinajstić information content (AvgIpc) is 2.82. The molecule has 0 bridgehead atoms. The summed E-state index contributed by atoms with van der Waals surface area (Å²) in [4.78, 5) is 12.1. The predicted molar refractivity (Wildman–Crippen MR) is 137 cm³/mol. The Balaban J connectivity index is 1.56. The molecule has 0 spiro atoms. The highest BCUT2D eigenvalue weighted by Gasteiger charge is 2.27. The molecule has 1 N–H and O–H groups in total. The van der Waals surface area contributed by atoms with Crippen LogP contribution in [0.2, 0.25) is 0 Å². The molecule has 0 aromatic heterocycles. The van der Waals surface area contributed by atoms with E-state index in [1.54, 1.807) is 24.3 Å². The van der Waals surface area contributed by atoms with Crippen molar-refractivity contribution >= 4 is 24.4 Å². The molecular formula is C28H40O4P+. The number of carbonyl (C=O) groups excluding carboxylic acids is 1. The number of phenols is 1. The SMILES string of the molecule is CCCCCCCCCCCCCCCC(=O)Oc1ccc([P+](=O)c2ccccc2)c(O)c1. The maximum absolute atomic E-state index is 12.6. The Bertz CT molecular complexity index is 835. The topological polar surface area (TPSA) is 63.6 Å². The molecule has 5 heteroatoms. The number of esters is 1. The first-order chi connectivity index (χ1) is 16.1. The van der Waals surface area contributed by atoms with Gasteiger partial charge in [0.05, 0.1) is 0 Å². The Labute approximate surface area is 200 Å². The zero-order valence-electron chi connectivity index (χ0n) is 20.1. The fraction of sp³-hybridized carbons (Fsp3) is 0.536. The van der Waals surface area contributed by atoms with E-state index in [-0.39, 0.29) is 17.5 Å². The van der Waals surface area contributed by atoms with Crippen LogP contribution >= 0.6 is 7.80 Å². The van der Waals surface area contributed by atoms with Gasteiger partial charge in [-0.3, -0.25) is 4.79 Å². The lowest BCUT2D eigenvalue weighted by atomic mass is 10.0. The molecule has 1 atom stereocenters. The molecule has 4 nitrogen and oxygen atoms in total. The highest BCUT2D eigenvalue weighted by Crippen LogP contribution is 2.28. The van der Waals surface area contributed by atoms with Crippen LogP contribution in [0, 0.1) is 0 Å². The van der Waals surface area contributed by atoms with Gasteiger partial charge in [0.15, 0.2) is 11.1 Å². The van der Waals surface area contributed by atoms with Gasteiger partial charge in [-0.25, -0.2) is 0 Å². The van der Waals surface area contributed by atoms with Crippen molar-refractivity contribution in [2.75, 3.05) is 0 Å². The lowest BCUT2D eigenvalue weighted by molar-refractivity contribution is -0.134. The van der Waals surface area contributed by atoms with Crippen LogP contribution in [0.15, 0.2) is 48.5 Å². The highest BCUT2D eigenvalue weighted by atomic mass is 31.1. The van der Waals surface area contributed by atoms with E-state index >= 15 is 0 Å². The Morgan fingerprint density at radius 3 is 1.88 bits per heavy atom. The zero-order valence-corrected chi connectivity index (χ0v) is 21.0. The van der Waals surface area contributed by atoms with Crippen molar-refractivity contribution in [3.8, 4) is 11.5 Å². The van der Waals surface area contributed by atoms with Crippen molar-refractivity contribution in [2.45, 2.75) is 96.8 Å². The minimum Gasteiger partial charge on any atom is -0.504 e. The maximum Gasteiger partial charge on any atom is 0.419 e. The fourth-order valence-electron chi connectivity index (χ4n) is 3.91. The number of unbranched alkanes of at least 4 members (excludes halogenated alkanes) is 12. The van der Waals surface area contributed by atoms with Crippen molar-refractivity contribution in [3.05, 3.63) is 48.5 Å². The van der Waals surface area contributed by atoms with Crippen molar-refractivity contribution in [2.24, 2.45) is 0 Å². The van der Waals surface area contributed by atoms with Gasteiger partial charge in [0.1, 0.15) is 5.75 Å². The van der Waals surface area contributed by atoms with E-state index in [9.17, 15) is 14.5 Å². The highest BCUT2D eigenvalue weighted by molar-refractivity contribution is 7.61. The summed E-state index contributed by atoms with van der Waals surface area (Å²) < 4.78 is 18.0. The minimum atomic E-state index is -1.89. The maximum atomic E-state index is 12.6. The van der Waals surface area contributed by atoms with Gasteiger partial charge in [-0.15, -0.1) is 0 Å². The monoisotopic (exact) mass is 471 g/mol. The van der Waals surface area contributed by atoms with E-state index < -0.39 is 7.80 Å². The van der Waals surface area contributed by atoms with Crippen molar-refractivity contribution in [1.82, 2.24) is 0 Å². The summed E-state index contributed by atoms with van der Waals surface area (Å²) in [5.74, 6) is -0.128. The quantitative estimate of drug-likeness (QED) is 0.112. The zero-order chi connectivity index (χ0) is 23.7. The normalized spacial score (nSPS) is 11.4. The molecular weight excluding hydrogens is 431 g/mol. The molecule has 33 heavy (non-hydrogen) atoms. The Kier molecular flexibility index (Phi) is 13.5. The van der Waals surface area contributed by atoms with Crippen LogP contribution < -0.4 is 15.3 Å². The predicted octanol–water partition coefficient (Wildman–Crippen LogP) is 7.56. The van der Waals surface area contributed by atoms with E-state index in [1.165, 1.54) is 70.3 Å². The number of rotatable bonds is 17. The Morgan fingerprint density at radius 2 is 1.33 bits per heavy atom. The van der Waals surface area contributed by atoms with Crippen LogP contribution in [-0.2, 0) is 9.36 Å². The molecule has 0 aliphatic carbocycles. The van der Waals surface area contributed by atoms with Gasteiger partial charge in [0.25, 0.3) is 0 Å². The lowest BCUT2D eigenvalue weighted by Crippen LogP contribution is -2.10. The summed E-state index contributed by atoms with van der Waals surface area (Å²) in [7, 11) is -1.89. The average molecular weight is 472 g/mol. The number of hydrogen-bond acceptors (Lipinski definition) is 4. The fourth-order valence-corrected chi connectivity index (χ4v) is 5.11. The Hall–Kier alpha value is -2.19. The first kappa shape index (κ1) is 27.1. The minimum absolute atomic E-state index is 0.119. The molecule has 0 saturated carbocycles. The van der Waals surface area contributed by atoms with Crippen molar-refractivity contribution in [3.63, 3.8) is 0 Å².